The number of anilines is 3. The molecule has 3 aromatic heterocycles. The predicted molar refractivity (Wildman–Crippen MR) is 270 cm³/mol. The third-order valence-electron chi connectivity index (χ3n) is 17.4. The van der Waals surface area contributed by atoms with E-state index in [0.29, 0.717) is 90.1 Å². The first kappa shape index (κ1) is 46.0. The fourth-order valence-electron chi connectivity index (χ4n) is 12.9. The van der Waals surface area contributed by atoms with Gasteiger partial charge >= 0.3 is 6.03 Å². The van der Waals surface area contributed by atoms with Gasteiger partial charge in [0.05, 0.1) is 28.9 Å². The quantitative estimate of drug-likeness (QED) is 0.187. The lowest BCUT2D eigenvalue weighted by Gasteiger charge is -2.48. The Morgan fingerprint density at radius 2 is 1.51 bits per heavy atom. The molecule has 1 unspecified atom stereocenters. The zero-order valence-electron chi connectivity index (χ0n) is 41.4. The van der Waals surface area contributed by atoms with Crippen LogP contribution in [0.1, 0.15) is 120 Å². The summed E-state index contributed by atoms with van der Waals surface area (Å²) < 4.78 is 2.19. The van der Waals surface area contributed by atoms with Crippen molar-refractivity contribution in [2.24, 2.45) is 5.92 Å². The summed E-state index contributed by atoms with van der Waals surface area (Å²) in [7, 11) is 0. The average Bonchev–Trinajstić information content (AvgIpc) is 4.05. The molecule has 8 aliphatic rings. The lowest BCUT2D eigenvalue weighted by atomic mass is 9.73. The van der Waals surface area contributed by atoms with Crippen LogP contribution >= 0.6 is 0 Å². The fourth-order valence-corrected chi connectivity index (χ4v) is 12.9. The number of amides is 6. The lowest BCUT2D eigenvalue weighted by molar-refractivity contribution is -0.138. The van der Waals surface area contributed by atoms with Crippen LogP contribution in [0.2, 0.25) is 0 Å². The molecule has 17 heteroatoms. The molecule has 1 atom stereocenters. The van der Waals surface area contributed by atoms with Crippen molar-refractivity contribution >= 4 is 58.0 Å². The summed E-state index contributed by atoms with van der Waals surface area (Å²) in [5, 5.41) is 6.12. The van der Waals surface area contributed by atoms with Crippen molar-refractivity contribution in [1.82, 2.24) is 44.4 Å². The number of carbonyl (C=O) groups excluding carboxylic acids is 5. The summed E-state index contributed by atoms with van der Waals surface area (Å²) in [6, 6.07) is 13.8. The number of aromatic nitrogens is 4. The van der Waals surface area contributed by atoms with Gasteiger partial charge in [-0.15, -0.1) is 0 Å². The number of piperazine rings is 1. The van der Waals surface area contributed by atoms with Crippen LogP contribution in [-0.2, 0) is 24.6 Å². The number of piperidine rings is 4. The average molecular weight is 965 g/mol. The molecule has 2 aliphatic carbocycles. The van der Waals surface area contributed by atoms with E-state index in [4.69, 9.17) is 9.97 Å². The maximum atomic E-state index is 15.2. The van der Waals surface area contributed by atoms with E-state index in [0.717, 1.165) is 102 Å². The minimum absolute atomic E-state index is 0.00499. The number of imide groups is 1. The molecule has 1 aromatic carbocycles. The first-order valence-electron chi connectivity index (χ1n) is 26.8. The second-order valence-electron chi connectivity index (χ2n) is 22.0. The molecule has 2 N–H and O–H groups in total. The third-order valence-corrected chi connectivity index (χ3v) is 17.4. The first-order valence-corrected chi connectivity index (χ1v) is 26.8. The van der Waals surface area contributed by atoms with E-state index in [1.54, 1.807) is 6.20 Å². The highest BCUT2D eigenvalue weighted by molar-refractivity contribution is 6.09. The summed E-state index contributed by atoms with van der Waals surface area (Å²) >= 11 is 0. The summed E-state index contributed by atoms with van der Waals surface area (Å²) in [4.78, 5) is 94.7. The molecule has 6 aliphatic heterocycles. The Morgan fingerprint density at radius 3 is 2.20 bits per heavy atom. The number of hydrogen-bond acceptors (Lipinski definition) is 11. The van der Waals surface area contributed by atoms with Crippen LogP contribution in [0.15, 0.2) is 48.9 Å². The van der Waals surface area contributed by atoms with Gasteiger partial charge in [0.2, 0.25) is 23.6 Å². The van der Waals surface area contributed by atoms with Crippen LogP contribution < -0.4 is 20.4 Å². The maximum absolute atomic E-state index is 15.2. The Labute approximate surface area is 415 Å². The van der Waals surface area contributed by atoms with E-state index >= 15 is 4.79 Å². The van der Waals surface area contributed by atoms with Gasteiger partial charge in [-0.3, -0.25) is 24.5 Å². The van der Waals surface area contributed by atoms with E-state index in [1.165, 1.54) is 19.3 Å². The monoisotopic (exact) mass is 965 g/mol. The topological polar surface area (TPSA) is 172 Å². The molecule has 374 valence electrons. The standard InChI is InChI=1S/C54H68N12O5/c1-34(2)65-33-56-44-31-43(58-49(48(44)65)57-38-8-9-38)36-6-11-42-45(28-36)66(40-29-39(30-40)60-18-4-3-5-19-60)52(70)54(42)16-22-63(23-17-54)53(71)64-26-24-62(25-27-64)51(69)35-14-20-61(21-15-35)46-12-7-37(32-55-46)41-10-13-47(67)59-50(41)68/h6-7,11-12,28,31-35,38-41H,3-5,8-10,13-27,29-30H2,1-2H3,(H,57,58)(H,59,67,68). The van der Waals surface area contributed by atoms with Gasteiger partial charge in [-0.05, 0) is 127 Å². The van der Waals surface area contributed by atoms with Gasteiger partial charge in [-0.2, -0.15) is 0 Å². The van der Waals surface area contributed by atoms with Crippen molar-refractivity contribution in [2.45, 2.75) is 133 Å². The number of hydrogen-bond donors (Lipinski definition) is 2. The number of likely N-dealkylation sites (tertiary alicyclic amines) is 2. The number of carbonyl (C=O) groups is 5. The number of rotatable bonds is 9. The summed E-state index contributed by atoms with van der Waals surface area (Å²) in [5.74, 6) is 1.09. The molecule has 7 fully saturated rings. The van der Waals surface area contributed by atoms with E-state index in [9.17, 15) is 19.2 Å². The molecule has 12 rings (SSSR count). The van der Waals surface area contributed by atoms with Crippen molar-refractivity contribution in [3.63, 3.8) is 0 Å². The van der Waals surface area contributed by atoms with Crippen molar-refractivity contribution in [3.05, 3.63) is 60.0 Å². The SMILES string of the molecule is CC(C)n1cnc2cc(-c3ccc4c(c3)N(C3CC(N5CCCCC5)C3)C(=O)C43CCN(C(=O)N4CCN(C(=O)C5CCN(c6ccc(C7CCC(=O)NC7=O)cn6)CC5)CC4)CC3)nc(NC3CC3)c21. The van der Waals surface area contributed by atoms with Crippen molar-refractivity contribution in [1.29, 1.82) is 0 Å². The molecule has 9 heterocycles. The first-order chi connectivity index (χ1) is 34.5. The minimum atomic E-state index is -0.692. The Morgan fingerprint density at radius 1 is 0.775 bits per heavy atom. The molecule has 17 nitrogen and oxygen atoms in total. The van der Waals surface area contributed by atoms with Crippen LogP contribution in [-0.4, -0.2) is 152 Å². The highest BCUT2D eigenvalue weighted by atomic mass is 16.2. The molecular weight excluding hydrogens is 897 g/mol. The van der Waals surface area contributed by atoms with Crippen LogP contribution in [0, 0.1) is 5.92 Å². The summed E-state index contributed by atoms with van der Waals surface area (Å²) in [6.07, 6.45) is 15.1. The number of urea groups is 1. The Balaban J connectivity index is 0.695. The predicted octanol–water partition coefficient (Wildman–Crippen LogP) is 6.05. The third kappa shape index (κ3) is 8.48. The molecule has 1 spiro atoms. The zero-order valence-corrected chi connectivity index (χ0v) is 41.4. The Bertz CT molecular complexity index is 2720. The summed E-state index contributed by atoms with van der Waals surface area (Å²) in [5.41, 5.74) is 5.97. The minimum Gasteiger partial charge on any atom is -0.366 e. The highest BCUT2D eigenvalue weighted by Gasteiger charge is 2.56. The van der Waals surface area contributed by atoms with Crippen molar-refractivity contribution in [3.8, 4) is 11.3 Å². The molecule has 0 radical (unpaired) electrons. The van der Waals surface area contributed by atoms with E-state index in [-0.39, 0.29) is 53.6 Å². The van der Waals surface area contributed by atoms with E-state index in [1.807, 2.05) is 33.2 Å². The van der Waals surface area contributed by atoms with Crippen molar-refractivity contribution in [2.75, 3.05) is 80.6 Å². The van der Waals surface area contributed by atoms with E-state index in [2.05, 4.69) is 73.0 Å². The maximum Gasteiger partial charge on any atom is 0.320 e. The molecule has 4 aromatic rings. The van der Waals surface area contributed by atoms with Gasteiger partial charge in [-0.25, -0.2) is 19.7 Å². The number of fused-ring (bicyclic) bond motifs is 3. The number of benzene rings is 1. The van der Waals surface area contributed by atoms with Gasteiger partial charge in [-0.1, -0.05) is 24.6 Å². The lowest BCUT2D eigenvalue weighted by Crippen LogP contribution is -2.59. The van der Waals surface area contributed by atoms with Crippen LogP contribution in [0.4, 0.5) is 22.1 Å². The molecular formula is C54H68N12O5. The Hall–Kier alpha value is -6.10. The smallest absolute Gasteiger partial charge is 0.320 e. The number of nitrogens with one attached hydrogen (secondary N) is 2. The molecule has 6 amide bonds. The largest absolute Gasteiger partial charge is 0.366 e. The summed E-state index contributed by atoms with van der Waals surface area (Å²) in [6.45, 7) is 11.0. The molecule has 71 heavy (non-hydrogen) atoms. The normalized spacial score (nSPS) is 25.3. The fraction of sp³-hybridized carbons (Fsp3) is 0.593. The Kier molecular flexibility index (Phi) is 12.0. The zero-order chi connectivity index (χ0) is 48.5. The highest BCUT2D eigenvalue weighted by Crippen LogP contribution is 2.52. The van der Waals surface area contributed by atoms with Gasteiger partial charge in [0.25, 0.3) is 0 Å². The number of nitrogens with zero attached hydrogens (tertiary/aromatic N) is 10. The number of imidazole rings is 1. The van der Waals surface area contributed by atoms with Crippen molar-refractivity contribution < 1.29 is 24.0 Å². The van der Waals surface area contributed by atoms with Gasteiger partial charge in [0, 0.05) is 106 Å². The molecule has 0 bridgehead atoms. The van der Waals surface area contributed by atoms with Crippen LogP contribution in [0.25, 0.3) is 22.3 Å². The second kappa shape index (κ2) is 18.5. The second-order valence-corrected chi connectivity index (χ2v) is 22.0. The number of pyridine rings is 2. The van der Waals surface area contributed by atoms with Gasteiger partial charge in [0.1, 0.15) is 11.3 Å². The molecule has 2 saturated carbocycles. The van der Waals surface area contributed by atoms with Gasteiger partial charge in [0.15, 0.2) is 5.82 Å². The van der Waals surface area contributed by atoms with E-state index < -0.39 is 5.41 Å². The van der Waals surface area contributed by atoms with Crippen LogP contribution in [0.5, 0.6) is 0 Å². The van der Waals surface area contributed by atoms with Gasteiger partial charge < -0.3 is 39.3 Å². The molecule has 5 saturated heterocycles. The van der Waals surface area contributed by atoms with Crippen LogP contribution in [0.3, 0.4) is 0 Å².